The number of methoxy groups -OCH3 is 1. The summed E-state index contributed by atoms with van der Waals surface area (Å²) in [6.07, 6.45) is 4.42. The van der Waals surface area contributed by atoms with Gasteiger partial charge in [-0.1, -0.05) is 55.5 Å². The lowest BCUT2D eigenvalue weighted by atomic mass is 9.96. The second-order valence-corrected chi connectivity index (χ2v) is 13.6. The number of rotatable bonds is 11. The van der Waals surface area contributed by atoms with Crippen molar-refractivity contribution in [2.24, 2.45) is 10.9 Å². The van der Waals surface area contributed by atoms with Crippen molar-refractivity contribution < 1.29 is 19.0 Å². The van der Waals surface area contributed by atoms with Crippen LogP contribution in [-0.2, 0) is 9.53 Å². The Morgan fingerprint density at radius 2 is 1.65 bits per heavy atom. The summed E-state index contributed by atoms with van der Waals surface area (Å²) in [5.74, 6) is 1.52. The highest BCUT2D eigenvalue weighted by Crippen LogP contribution is 2.32. The van der Waals surface area contributed by atoms with E-state index in [1.54, 1.807) is 32.4 Å². The van der Waals surface area contributed by atoms with Crippen molar-refractivity contribution in [2.75, 3.05) is 13.7 Å². The molecule has 0 radical (unpaired) electrons. The van der Waals surface area contributed by atoms with Crippen LogP contribution in [0.1, 0.15) is 58.2 Å². The van der Waals surface area contributed by atoms with Gasteiger partial charge in [0.2, 0.25) is 0 Å². The van der Waals surface area contributed by atoms with Crippen LogP contribution < -0.4 is 24.4 Å². The predicted molar refractivity (Wildman–Crippen MR) is 192 cm³/mol. The molecular weight excluding hydrogens is 637 g/mol. The van der Waals surface area contributed by atoms with E-state index < -0.39 is 12.0 Å². The van der Waals surface area contributed by atoms with Gasteiger partial charge < -0.3 is 14.2 Å². The minimum absolute atomic E-state index is 0.265. The Morgan fingerprint density at radius 1 is 0.959 bits per heavy atom. The maximum Gasteiger partial charge on any atom is 0.338 e. The Hall–Kier alpha value is -5.22. The van der Waals surface area contributed by atoms with Crippen LogP contribution in [0.25, 0.3) is 23.0 Å². The van der Waals surface area contributed by atoms with Crippen molar-refractivity contribution in [3.05, 3.63) is 127 Å². The van der Waals surface area contributed by atoms with Gasteiger partial charge in [-0.05, 0) is 93.3 Å². The summed E-state index contributed by atoms with van der Waals surface area (Å²) in [5.41, 5.74) is 4.56. The molecule has 0 saturated heterocycles. The zero-order chi connectivity index (χ0) is 34.7. The maximum absolute atomic E-state index is 14.4. The largest absolute Gasteiger partial charge is 0.497 e. The third kappa shape index (κ3) is 7.29. The standard InChI is InChI=1S/C39H40N4O5S/c1-24(2)20-21-47-32-18-12-27(13-19-32)35-29(23-42(41-35)30-10-8-7-9-11-30)22-33-37(44)43-36(28-14-16-31(46-6)17-15-28)34(38(45)48-25(3)4)26(5)40-39(43)49-33/h7-19,22-25,36H,20-21H2,1-6H3/b33-22+/t36-/m1/s1. The molecule has 0 aliphatic carbocycles. The molecule has 49 heavy (non-hydrogen) atoms. The fourth-order valence-electron chi connectivity index (χ4n) is 5.65. The van der Waals surface area contributed by atoms with E-state index in [1.807, 2.05) is 95.8 Å². The first-order chi connectivity index (χ1) is 23.6. The average molecular weight is 677 g/mol. The molecule has 252 valence electrons. The Morgan fingerprint density at radius 3 is 2.31 bits per heavy atom. The Balaban J connectivity index is 1.47. The van der Waals surface area contributed by atoms with Crippen LogP contribution in [-0.4, -0.2) is 40.1 Å². The van der Waals surface area contributed by atoms with Gasteiger partial charge in [-0.25, -0.2) is 14.5 Å². The number of fused-ring (bicyclic) bond motifs is 1. The number of ether oxygens (including phenoxy) is 3. The van der Waals surface area contributed by atoms with Gasteiger partial charge in [0.15, 0.2) is 4.80 Å². The Kier molecular flexibility index (Phi) is 9.96. The fourth-order valence-corrected chi connectivity index (χ4v) is 6.69. The number of esters is 1. The summed E-state index contributed by atoms with van der Waals surface area (Å²) in [6.45, 7) is 10.4. The van der Waals surface area contributed by atoms with E-state index in [2.05, 4.69) is 13.8 Å². The number of aromatic nitrogens is 3. The maximum atomic E-state index is 14.4. The molecule has 0 fully saturated rings. The van der Waals surface area contributed by atoms with Crippen molar-refractivity contribution >= 4 is 23.4 Å². The lowest BCUT2D eigenvalue weighted by molar-refractivity contribution is -0.143. The number of nitrogens with zero attached hydrogens (tertiary/aromatic N) is 4. The van der Waals surface area contributed by atoms with E-state index in [9.17, 15) is 9.59 Å². The van der Waals surface area contributed by atoms with Crippen LogP contribution in [0.5, 0.6) is 11.5 Å². The number of allylic oxidation sites excluding steroid dienone is 1. The summed E-state index contributed by atoms with van der Waals surface area (Å²) in [4.78, 5) is 33.1. The molecule has 1 aliphatic heterocycles. The SMILES string of the molecule is COc1ccc([C@@H]2C(C(=O)OC(C)C)=C(C)N=c3s/c(=C/c4cn(-c5ccccc5)nc4-c4ccc(OCCC(C)C)cc4)c(=O)n32)cc1. The molecule has 2 aromatic heterocycles. The number of carbonyl (C=O) groups excluding carboxylic acids is 1. The van der Waals surface area contributed by atoms with E-state index in [4.69, 9.17) is 24.3 Å². The van der Waals surface area contributed by atoms with Gasteiger partial charge >= 0.3 is 5.97 Å². The van der Waals surface area contributed by atoms with Gasteiger partial charge in [-0.15, -0.1) is 0 Å². The smallest absolute Gasteiger partial charge is 0.338 e. The van der Waals surface area contributed by atoms with Gasteiger partial charge in [0.25, 0.3) is 5.56 Å². The summed E-state index contributed by atoms with van der Waals surface area (Å²) in [5, 5.41) is 4.96. The highest BCUT2D eigenvalue weighted by atomic mass is 32.1. The van der Waals surface area contributed by atoms with Crippen molar-refractivity contribution in [3.8, 4) is 28.4 Å². The minimum atomic E-state index is -0.731. The third-order valence-electron chi connectivity index (χ3n) is 8.16. The van der Waals surface area contributed by atoms with E-state index in [-0.39, 0.29) is 11.7 Å². The molecule has 10 heteroatoms. The number of benzene rings is 3. The summed E-state index contributed by atoms with van der Waals surface area (Å²) in [6, 6.07) is 24.3. The van der Waals surface area contributed by atoms with Crippen molar-refractivity contribution in [2.45, 2.75) is 53.2 Å². The summed E-state index contributed by atoms with van der Waals surface area (Å²) >= 11 is 1.28. The zero-order valence-corrected chi connectivity index (χ0v) is 29.4. The second-order valence-electron chi connectivity index (χ2n) is 12.6. The molecule has 1 aliphatic rings. The highest BCUT2D eigenvalue weighted by molar-refractivity contribution is 7.07. The third-order valence-corrected chi connectivity index (χ3v) is 9.14. The molecule has 3 heterocycles. The molecular formula is C39H40N4O5S. The van der Waals surface area contributed by atoms with Crippen molar-refractivity contribution in [1.29, 1.82) is 0 Å². The topological polar surface area (TPSA) is 96.9 Å². The molecule has 9 nitrogen and oxygen atoms in total. The summed E-state index contributed by atoms with van der Waals surface area (Å²) in [7, 11) is 1.60. The molecule has 6 rings (SSSR count). The molecule has 0 N–H and O–H groups in total. The molecule has 5 aromatic rings. The van der Waals surface area contributed by atoms with Gasteiger partial charge in [0, 0.05) is 17.3 Å². The first-order valence-corrected chi connectivity index (χ1v) is 17.2. The first kappa shape index (κ1) is 33.7. The van der Waals surface area contributed by atoms with Crippen LogP contribution in [0.4, 0.5) is 0 Å². The van der Waals surface area contributed by atoms with Gasteiger partial charge in [0.05, 0.1) is 47.4 Å². The van der Waals surface area contributed by atoms with E-state index in [0.29, 0.717) is 44.6 Å². The molecule has 0 unspecified atom stereocenters. The van der Waals surface area contributed by atoms with Crippen molar-refractivity contribution in [1.82, 2.24) is 14.3 Å². The lowest BCUT2D eigenvalue weighted by Crippen LogP contribution is -2.40. The lowest BCUT2D eigenvalue weighted by Gasteiger charge is -2.25. The monoisotopic (exact) mass is 676 g/mol. The average Bonchev–Trinajstić information content (AvgIpc) is 3.64. The van der Waals surface area contributed by atoms with Crippen LogP contribution in [0.2, 0.25) is 0 Å². The Labute approximate surface area is 289 Å². The molecule has 0 spiro atoms. The van der Waals surface area contributed by atoms with Gasteiger partial charge in [-0.2, -0.15) is 5.10 Å². The van der Waals surface area contributed by atoms with E-state index in [1.165, 1.54) is 11.3 Å². The molecule has 0 amide bonds. The zero-order valence-electron chi connectivity index (χ0n) is 28.5. The molecule has 3 aromatic carbocycles. The molecule has 1 atom stereocenters. The minimum Gasteiger partial charge on any atom is -0.497 e. The van der Waals surface area contributed by atoms with E-state index >= 15 is 0 Å². The second kappa shape index (κ2) is 14.5. The Bertz CT molecular complexity index is 2160. The number of hydrogen-bond donors (Lipinski definition) is 0. The van der Waals surface area contributed by atoms with Crippen LogP contribution in [0.15, 0.2) is 106 Å². The molecule has 0 bridgehead atoms. The normalized spacial score (nSPS) is 14.6. The molecule has 0 saturated carbocycles. The number of para-hydroxylation sites is 1. The van der Waals surface area contributed by atoms with Gasteiger partial charge in [0.1, 0.15) is 17.2 Å². The van der Waals surface area contributed by atoms with Gasteiger partial charge in [-0.3, -0.25) is 9.36 Å². The number of carbonyl (C=O) groups is 1. The van der Waals surface area contributed by atoms with Crippen molar-refractivity contribution in [3.63, 3.8) is 0 Å². The fraction of sp³-hybridized carbons (Fsp3) is 0.282. The number of thiazole rings is 1. The predicted octanol–water partition coefficient (Wildman–Crippen LogP) is 6.47. The van der Waals surface area contributed by atoms with Crippen LogP contribution in [0.3, 0.4) is 0 Å². The number of hydrogen-bond acceptors (Lipinski definition) is 8. The van der Waals surface area contributed by atoms with E-state index in [0.717, 1.165) is 34.5 Å². The quantitative estimate of drug-likeness (QED) is 0.149. The highest BCUT2D eigenvalue weighted by Gasteiger charge is 2.34. The van der Waals surface area contributed by atoms with Crippen LogP contribution >= 0.6 is 11.3 Å². The van der Waals surface area contributed by atoms with Crippen LogP contribution in [0, 0.1) is 5.92 Å². The summed E-state index contributed by atoms with van der Waals surface area (Å²) < 4.78 is 20.8. The first-order valence-electron chi connectivity index (χ1n) is 16.4.